The van der Waals surface area contributed by atoms with Gasteiger partial charge in [0.05, 0.1) is 19.1 Å². The fourth-order valence-electron chi connectivity index (χ4n) is 3.01. The molecule has 1 aliphatic rings. The van der Waals surface area contributed by atoms with E-state index in [-0.39, 0.29) is 18.6 Å². The zero-order valence-corrected chi connectivity index (χ0v) is 15.3. The molecule has 28 heavy (non-hydrogen) atoms. The molecule has 0 aliphatic carbocycles. The first-order chi connectivity index (χ1) is 13.5. The highest BCUT2D eigenvalue weighted by atomic mass is 19.1. The summed E-state index contributed by atoms with van der Waals surface area (Å²) in [6, 6.07) is 11.9. The minimum absolute atomic E-state index is 0.0971. The molecule has 2 aromatic rings. The fraction of sp³-hybridized carbons (Fsp3) is 0.333. The highest BCUT2D eigenvalue weighted by Crippen LogP contribution is 2.19. The molecule has 7 heteroatoms. The normalized spacial score (nSPS) is 15.6. The Morgan fingerprint density at radius 1 is 1.11 bits per heavy atom. The van der Waals surface area contributed by atoms with Gasteiger partial charge < -0.3 is 19.9 Å². The van der Waals surface area contributed by atoms with E-state index in [0.29, 0.717) is 30.1 Å². The van der Waals surface area contributed by atoms with E-state index in [4.69, 9.17) is 9.47 Å². The number of carboxylic acid groups (broad SMARTS) is 1. The van der Waals surface area contributed by atoms with Crippen molar-refractivity contribution in [2.75, 3.05) is 19.8 Å². The Morgan fingerprint density at radius 3 is 2.36 bits per heavy atom. The third kappa shape index (κ3) is 5.29. The molecule has 1 fully saturated rings. The van der Waals surface area contributed by atoms with Gasteiger partial charge in [-0.15, -0.1) is 0 Å². The lowest BCUT2D eigenvalue weighted by Gasteiger charge is -2.23. The van der Waals surface area contributed by atoms with Crippen LogP contribution in [0.1, 0.15) is 34.7 Å². The first-order valence-electron chi connectivity index (χ1n) is 9.14. The van der Waals surface area contributed by atoms with Gasteiger partial charge in [-0.25, -0.2) is 4.39 Å². The van der Waals surface area contributed by atoms with Crippen molar-refractivity contribution in [2.24, 2.45) is 0 Å². The van der Waals surface area contributed by atoms with E-state index in [1.54, 1.807) is 24.3 Å². The Hall–Kier alpha value is -2.93. The molecule has 1 heterocycles. The van der Waals surface area contributed by atoms with Crippen molar-refractivity contribution in [1.82, 2.24) is 5.32 Å². The molecular formula is C21H22FNO5. The molecule has 0 bridgehead atoms. The minimum Gasteiger partial charge on any atom is -0.490 e. The van der Waals surface area contributed by atoms with Crippen LogP contribution in [0.5, 0.6) is 5.75 Å². The van der Waals surface area contributed by atoms with Crippen LogP contribution < -0.4 is 10.1 Å². The maximum atomic E-state index is 13.0. The van der Waals surface area contributed by atoms with Crippen LogP contribution in [0.25, 0.3) is 0 Å². The molecule has 0 aromatic heterocycles. The summed E-state index contributed by atoms with van der Waals surface area (Å²) in [6.07, 6.45) is 1.78. The molecule has 148 valence electrons. The zero-order chi connectivity index (χ0) is 19.9. The van der Waals surface area contributed by atoms with Crippen LogP contribution in [-0.4, -0.2) is 42.8 Å². The van der Waals surface area contributed by atoms with Gasteiger partial charge in [0.15, 0.2) is 0 Å². The second-order valence-electron chi connectivity index (χ2n) is 6.61. The number of hydrogen-bond donors (Lipinski definition) is 2. The second-order valence-corrected chi connectivity index (χ2v) is 6.61. The molecular weight excluding hydrogens is 365 g/mol. The number of nitrogens with one attached hydrogen (secondary N) is 1. The SMILES string of the molecule is O=C(NCC(C(=O)O)c1ccc(F)cc1)c1ccc(OC2CCOCC2)cc1. The van der Waals surface area contributed by atoms with Crippen LogP contribution >= 0.6 is 0 Å². The molecule has 1 atom stereocenters. The summed E-state index contributed by atoms with van der Waals surface area (Å²) in [6.45, 7) is 1.27. The number of carbonyl (C=O) groups excluding carboxylic acids is 1. The number of carboxylic acids is 1. The lowest BCUT2D eigenvalue weighted by molar-refractivity contribution is -0.138. The van der Waals surface area contributed by atoms with Crippen LogP contribution in [0.3, 0.4) is 0 Å². The minimum atomic E-state index is -1.09. The first-order valence-corrected chi connectivity index (χ1v) is 9.14. The van der Waals surface area contributed by atoms with E-state index < -0.39 is 17.7 Å². The van der Waals surface area contributed by atoms with Gasteiger partial charge in [-0.2, -0.15) is 0 Å². The molecule has 2 aromatic carbocycles. The molecule has 0 saturated carbocycles. The molecule has 0 radical (unpaired) electrons. The smallest absolute Gasteiger partial charge is 0.312 e. The van der Waals surface area contributed by atoms with Crippen molar-refractivity contribution < 1.29 is 28.6 Å². The molecule has 1 aliphatic heterocycles. The Balaban J connectivity index is 1.57. The van der Waals surface area contributed by atoms with Crippen LogP contribution in [0.4, 0.5) is 4.39 Å². The van der Waals surface area contributed by atoms with Gasteiger partial charge in [0.2, 0.25) is 0 Å². The van der Waals surface area contributed by atoms with E-state index in [0.717, 1.165) is 12.8 Å². The van der Waals surface area contributed by atoms with E-state index >= 15 is 0 Å². The predicted octanol–water partition coefficient (Wildman–Crippen LogP) is 2.98. The van der Waals surface area contributed by atoms with Crippen LogP contribution in [-0.2, 0) is 9.53 Å². The molecule has 1 amide bonds. The van der Waals surface area contributed by atoms with Crippen molar-refractivity contribution in [1.29, 1.82) is 0 Å². The van der Waals surface area contributed by atoms with Crippen molar-refractivity contribution in [3.63, 3.8) is 0 Å². The van der Waals surface area contributed by atoms with Gasteiger partial charge in [0, 0.05) is 24.9 Å². The molecule has 1 saturated heterocycles. The summed E-state index contributed by atoms with van der Waals surface area (Å²) in [4.78, 5) is 23.8. The van der Waals surface area contributed by atoms with Gasteiger partial charge in [-0.3, -0.25) is 9.59 Å². The topological polar surface area (TPSA) is 84.9 Å². The number of halogens is 1. The van der Waals surface area contributed by atoms with Crippen LogP contribution in [0.2, 0.25) is 0 Å². The molecule has 6 nitrogen and oxygen atoms in total. The van der Waals surface area contributed by atoms with E-state index in [2.05, 4.69) is 5.32 Å². The summed E-state index contributed by atoms with van der Waals surface area (Å²) < 4.78 is 24.2. The number of benzene rings is 2. The molecule has 0 spiro atoms. The lowest BCUT2D eigenvalue weighted by atomic mass is 9.99. The third-order valence-corrected chi connectivity index (χ3v) is 4.62. The number of hydrogen-bond acceptors (Lipinski definition) is 4. The van der Waals surface area contributed by atoms with E-state index in [9.17, 15) is 19.1 Å². The van der Waals surface area contributed by atoms with Crippen LogP contribution in [0.15, 0.2) is 48.5 Å². The lowest BCUT2D eigenvalue weighted by Crippen LogP contribution is -2.31. The Bertz CT molecular complexity index is 801. The second kappa shape index (κ2) is 9.32. The predicted molar refractivity (Wildman–Crippen MR) is 100 cm³/mol. The van der Waals surface area contributed by atoms with Crippen molar-refractivity contribution in [3.05, 3.63) is 65.5 Å². The maximum Gasteiger partial charge on any atom is 0.312 e. The Labute approximate surface area is 162 Å². The van der Waals surface area contributed by atoms with Gasteiger partial charge >= 0.3 is 5.97 Å². The van der Waals surface area contributed by atoms with Crippen LogP contribution in [0, 0.1) is 5.82 Å². The highest BCUT2D eigenvalue weighted by molar-refractivity contribution is 5.94. The molecule has 2 N–H and O–H groups in total. The number of ether oxygens (including phenoxy) is 2. The summed E-state index contributed by atoms with van der Waals surface area (Å²) in [7, 11) is 0. The molecule has 3 rings (SSSR count). The van der Waals surface area contributed by atoms with Crippen molar-refractivity contribution >= 4 is 11.9 Å². The monoisotopic (exact) mass is 387 g/mol. The summed E-state index contributed by atoms with van der Waals surface area (Å²) in [5.41, 5.74) is 0.831. The van der Waals surface area contributed by atoms with Gasteiger partial charge in [-0.1, -0.05) is 12.1 Å². The summed E-state index contributed by atoms with van der Waals surface area (Å²) in [5.74, 6) is -2.20. The Kier molecular flexibility index (Phi) is 6.60. The number of rotatable bonds is 7. The van der Waals surface area contributed by atoms with E-state index in [1.165, 1.54) is 24.3 Å². The van der Waals surface area contributed by atoms with Crippen molar-refractivity contribution in [3.8, 4) is 5.75 Å². The summed E-state index contributed by atoms with van der Waals surface area (Å²) in [5, 5.41) is 12.0. The average Bonchev–Trinajstić information content (AvgIpc) is 2.70. The van der Waals surface area contributed by atoms with Gasteiger partial charge in [0.25, 0.3) is 5.91 Å². The van der Waals surface area contributed by atoms with E-state index in [1.807, 2.05) is 0 Å². The number of carbonyl (C=O) groups is 2. The Morgan fingerprint density at radius 2 is 1.75 bits per heavy atom. The standard InChI is InChI=1S/C21H22FNO5/c22-16-5-1-14(2-6-16)19(21(25)26)13-23-20(24)15-3-7-17(8-4-15)28-18-9-11-27-12-10-18/h1-8,18-19H,9-13H2,(H,23,24)(H,25,26). The van der Waals surface area contributed by atoms with Gasteiger partial charge in [-0.05, 0) is 42.0 Å². The fourth-order valence-corrected chi connectivity index (χ4v) is 3.01. The molecule has 1 unspecified atom stereocenters. The third-order valence-electron chi connectivity index (χ3n) is 4.62. The summed E-state index contributed by atoms with van der Waals surface area (Å²) >= 11 is 0. The zero-order valence-electron chi connectivity index (χ0n) is 15.3. The highest BCUT2D eigenvalue weighted by Gasteiger charge is 2.21. The quantitative estimate of drug-likeness (QED) is 0.763. The maximum absolute atomic E-state index is 13.0. The van der Waals surface area contributed by atoms with Gasteiger partial charge in [0.1, 0.15) is 17.7 Å². The average molecular weight is 387 g/mol. The van der Waals surface area contributed by atoms with Crippen molar-refractivity contribution in [2.45, 2.75) is 24.9 Å². The number of aliphatic carboxylic acids is 1. The largest absolute Gasteiger partial charge is 0.490 e. The number of amides is 1. The first kappa shape index (κ1) is 19.8.